The minimum atomic E-state index is -0.381. The van der Waals surface area contributed by atoms with E-state index in [2.05, 4.69) is 10.2 Å². The zero-order valence-electron chi connectivity index (χ0n) is 13.6. The van der Waals surface area contributed by atoms with Crippen LogP contribution >= 0.6 is 12.2 Å². The molecule has 0 aliphatic carbocycles. The largest absolute Gasteiger partial charge is 0.363 e. The molecule has 0 heterocycles. The van der Waals surface area contributed by atoms with Gasteiger partial charge in [-0.3, -0.25) is 10.1 Å². The number of non-ortho nitro benzene ring substituents is 1. The summed E-state index contributed by atoms with van der Waals surface area (Å²) in [6.07, 6.45) is 1.01. The predicted octanol–water partition coefficient (Wildman–Crippen LogP) is 2.41. The molecule has 0 amide bonds. The first-order valence-corrected chi connectivity index (χ1v) is 7.63. The summed E-state index contributed by atoms with van der Waals surface area (Å²) in [5.74, 6) is 0. The molecular formula is C15H24N4O2S. The molecule has 122 valence electrons. The molecule has 1 N–H and O–H groups in total. The number of nitro groups is 1. The van der Waals surface area contributed by atoms with Crippen LogP contribution in [0.2, 0.25) is 0 Å². The van der Waals surface area contributed by atoms with E-state index in [9.17, 15) is 10.1 Å². The fourth-order valence-electron chi connectivity index (χ4n) is 2.01. The Hall–Kier alpha value is -1.73. The van der Waals surface area contributed by atoms with Crippen molar-refractivity contribution in [1.29, 1.82) is 0 Å². The van der Waals surface area contributed by atoms with Gasteiger partial charge in [0.1, 0.15) is 0 Å². The maximum absolute atomic E-state index is 10.9. The Morgan fingerprint density at radius 3 is 2.68 bits per heavy atom. The van der Waals surface area contributed by atoms with Gasteiger partial charge in [-0.1, -0.05) is 12.1 Å². The molecule has 0 aliphatic heterocycles. The number of hydrogen-bond donors (Lipinski definition) is 1. The lowest BCUT2D eigenvalue weighted by Crippen LogP contribution is -2.39. The first-order valence-electron chi connectivity index (χ1n) is 7.22. The summed E-state index contributed by atoms with van der Waals surface area (Å²) in [6.45, 7) is 3.79. The highest BCUT2D eigenvalue weighted by Gasteiger charge is 2.16. The molecule has 0 saturated carbocycles. The van der Waals surface area contributed by atoms with Crippen LogP contribution in [-0.2, 0) is 0 Å². The van der Waals surface area contributed by atoms with E-state index < -0.39 is 0 Å². The first kappa shape index (κ1) is 18.3. The number of rotatable bonds is 7. The molecule has 0 unspecified atom stereocenters. The van der Waals surface area contributed by atoms with Gasteiger partial charge in [-0.2, -0.15) is 0 Å². The van der Waals surface area contributed by atoms with Crippen LogP contribution in [0.1, 0.15) is 24.9 Å². The molecule has 0 aromatic heterocycles. The lowest BCUT2D eigenvalue weighted by Gasteiger charge is -2.28. The minimum Gasteiger partial charge on any atom is -0.363 e. The van der Waals surface area contributed by atoms with Crippen LogP contribution in [0.25, 0.3) is 0 Å². The fourth-order valence-corrected chi connectivity index (χ4v) is 2.27. The van der Waals surface area contributed by atoms with Crippen LogP contribution < -0.4 is 5.32 Å². The smallest absolute Gasteiger partial charge is 0.269 e. The van der Waals surface area contributed by atoms with Crippen LogP contribution in [0.5, 0.6) is 0 Å². The zero-order chi connectivity index (χ0) is 16.7. The summed E-state index contributed by atoms with van der Waals surface area (Å²) in [5.41, 5.74) is 0.969. The Labute approximate surface area is 137 Å². The van der Waals surface area contributed by atoms with Crippen molar-refractivity contribution in [2.24, 2.45) is 0 Å². The second-order valence-corrected chi connectivity index (χ2v) is 5.91. The van der Waals surface area contributed by atoms with E-state index >= 15 is 0 Å². The molecule has 1 rings (SSSR count). The highest BCUT2D eigenvalue weighted by Crippen LogP contribution is 2.22. The van der Waals surface area contributed by atoms with Crippen LogP contribution in [0, 0.1) is 10.1 Å². The van der Waals surface area contributed by atoms with E-state index in [1.807, 2.05) is 39.0 Å². The molecule has 1 aromatic rings. The molecule has 0 spiro atoms. The average molecular weight is 324 g/mol. The molecule has 6 nitrogen and oxygen atoms in total. The Morgan fingerprint density at radius 1 is 1.41 bits per heavy atom. The van der Waals surface area contributed by atoms with Crippen molar-refractivity contribution < 1.29 is 4.92 Å². The molecule has 0 saturated heterocycles. The highest BCUT2D eigenvalue weighted by molar-refractivity contribution is 7.80. The molecule has 1 aromatic carbocycles. The molecule has 1 atom stereocenters. The van der Waals surface area contributed by atoms with Gasteiger partial charge in [-0.05, 0) is 51.8 Å². The molecule has 0 aliphatic rings. The maximum Gasteiger partial charge on any atom is 0.269 e. The number of nitro benzene ring substituents is 1. The number of hydrogen-bond acceptors (Lipinski definition) is 4. The van der Waals surface area contributed by atoms with Crippen molar-refractivity contribution in [3.05, 3.63) is 39.9 Å². The quantitative estimate of drug-likeness (QED) is 0.360. The molecule has 22 heavy (non-hydrogen) atoms. The van der Waals surface area contributed by atoms with Gasteiger partial charge in [0.15, 0.2) is 5.11 Å². The van der Waals surface area contributed by atoms with Gasteiger partial charge >= 0.3 is 0 Å². The van der Waals surface area contributed by atoms with Gasteiger partial charge in [0, 0.05) is 25.7 Å². The van der Waals surface area contributed by atoms with Gasteiger partial charge in [-0.15, -0.1) is 0 Å². The van der Waals surface area contributed by atoms with E-state index in [1.165, 1.54) is 6.07 Å². The standard InChI is InChI=1S/C15H24N4O2S/c1-12(13-7-5-8-14(11-13)19(20)21)18(4)15(22)16-9-6-10-17(2)3/h5,7-8,11-12H,6,9-10H2,1-4H3,(H,16,22)/t12-/m1/s1. The van der Waals surface area contributed by atoms with Gasteiger partial charge < -0.3 is 15.1 Å². The van der Waals surface area contributed by atoms with Gasteiger partial charge in [0.25, 0.3) is 5.69 Å². The summed E-state index contributed by atoms with van der Waals surface area (Å²) in [6, 6.07) is 6.63. The Balaban J connectivity index is 2.60. The third kappa shape index (κ3) is 5.57. The maximum atomic E-state index is 10.9. The average Bonchev–Trinajstić information content (AvgIpc) is 2.49. The van der Waals surface area contributed by atoms with Crippen LogP contribution in [0.3, 0.4) is 0 Å². The lowest BCUT2D eigenvalue weighted by atomic mass is 10.1. The number of benzene rings is 1. The highest BCUT2D eigenvalue weighted by atomic mass is 32.1. The number of nitrogens with zero attached hydrogens (tertiary/aromatic N) is 3. The Kier molecular flexibility index (Phi) is 7.20. The van der Waals surface area contributed by atoms with Crippen molar-refractivity contribution in [2.45, 2.75) is 19.4 Å². The summed E-state index contributed by atoms with van der Waals surface area (Å²) in [4.78, 5) is 14.5. The van der Waals surface area contributed by atoms with E-state index in [0.717, 1.165) is 25.1 Å². The van der Waals surface area contributed by atoms with Crippen molar-refractivity contribution in [3.63, 3.8) is 0 Å². The molecule has 0 fully saturated rings. The second kappa shape index (κ2) is 8.65. The second-order valence-electron chi connectivity index (χ2n) is 5.53. The van der Waals surface area contributed by atoms with E-state index in [1.54, 1.807) is 12.1 Å². The van der Waals surface area contributed by atoms with Crippen molar-refractivity contribution in [2.75, 3.05) is 34.2 Å². The van der Waals surface area contributed by atoms with Crippen molar-refractivity contribution >= 4 is 23.0 Å². The van der Waals surface area contributed by atoms with Crippen molar-refractivity contribution in [1.82, 2.24) is 15.1 Å². The van der Waals surface area contributed by atoms with Gasteiger partial charge in [-0.25, -0.2) is 0 Å². The normalized spacial score (nSPS) is 12.0. The van der Waals surface area contributed by atoms with Crippen LogP contribution in [0.15, 0.2) is 24.3 Å². The van der Waals surface area contributed by atoms with Gasteiger partial charge in [0.2, 0.25) is 0 Å². The summed E-state index contributed by atoms with van der Waals surface area (Å²) >= 11 is 5.38. The summed E-state index contributed by atoms with van der Waals surface area (Å²) in [7, 11) is 5.97. The third-order valence-corrected chi connectivity index (χ3v) is 3.96. The first-order chi connectivity index (χ1) is 10.3. The van der Waals surface area contributed by atoms with E-state index in [4.69, 9.17) is 12.2 Å². The predicted molar refractivity (Wildman–Crippen MR) is 93.0 cm³/mol. The van der Waals surface area contributed by atoms with Gasteiger partial charge in [0.05, 0.1) is 11.0 Å². The molecule has 0 radical (unpaired) electrons. The van der Waals surface area contributed by atoms with E-state index in [0.29, 0.717) is 5.11 Å². The lowest BCUT2D eigenvalue weighted by molar-refractivity contribution is -0.384. The molecule has 0 bridgehead atoms. The molecule has 7 heteroatoms. The van der Waals surface area contributed by atoms with Crippen LogP contribution in [0.4, 0.5) is 5.69 Å². The minimum absolute atomic E-state index is 0.0336. The number of nitrogens with one attached hydrogen (secondary N) is 1. The Bertz CT molecular complexity index is 522. The zero-order valence-corrected chi connectivity index (χ0v) is 14.4. The number of thiocarbonyl (C=S) groups is 1. The SMILES string of the molecule is C[C@H](c1cccc([N+](=O)[O-])c1)N(C)C(=S)NCCCN(C)C. The summed E-state index contributed by atoms with van der Waals surface area (Å²) in [5, 5.41) is 14.7. The summed E-state index contributed by atoms with van der Waals surface area (Å²) < 4.78 is 0. The monoisotopic (exact) mass is 324 g/mol. The third-order valence-electron chi connectivity index (χ3n) is 3.52. The molecular weight excluding hydrogens is 300 g/mol. The topological polar surface area (TPSA) is 61.7 Å². The fraction of sp³-hybridized carbons (Fsp3) is 0.533. The van der Waals surface area contributed by atoms with Crippen LogP contribution in [-0.4, -0.2) is 54.1 Å². The Morgan fingerprint density at radius 2 is 2.09 bits per heavy atom. The van der Waals surface area contributed by atoms with Crippen molar-refractivity contribution in [3.8, 4) is 0 Å². The van der Waals surface area contributed by atoms with E-state index in [-0.39, 0.29) is 16.7 Å².